The Hall–Kier alpha value is -4.91. The summed E-state index contributed by atoms with van der Waals surface area (Å²) in [6.07, 6.45) is 1.81. The summed E-state index contributed by atoms with van der Waals surface area (Å²) in [5.74, 6) is 0.282. The second-order valence-electron chi connectivity index (χ2n) is 9.89. The van der Waals surface area contributed by atoms with E-state index in [-0.39, 0.29) is 0 Å². The number of aromatic nitrogens is 2. The minimum absolute atomic E-state index is 0.346. The van der Waals surface area contributed by atoms with Gasteiger partial charge in [0.25, 0.3) is 11.7 Å². The van der Waals surface area contributed by atoms with Crippen molar-refractivity contribution < 1.29 is 14.3 Å². The Labute approximate surface area is 234 Å². The molecule has 1 amide bonds. The number of aryl methyl sites for hydroxylation is 3. The highest BCUT2D eigenvalue weighted by Crippen LogP contribution is 2.33. The van der Waals surface area contributed by atoms with Crippen LogP contribution in [0.15, 0.2) is 91.1 Å². The van der Waals surface area contributed by atoms with Crippen LogP contribution in [0.4, 0.5) is 11.5 Å². The number of hydrogen-bond donors (Lipinski definition) is 1. The van der Waals surface area contributed by atoms with Crippen molar-refractivity contribution in [3.05, 3.63) is 114 Å². The van der Waals surface area contributed by atoms with E-state index in [4.69, 9.17) is 4.74 Å². The standard InChI is InChI=1S/C33H32N4O3/c1-22-20-23(2)34-29(21-22)36(4)18-19-40-27-15-13-26(14-16-27)35-33(39)32(38)31-30(25-10-6-5-7-11-25)24(3)28-12-8-9-17-37(28)31/h5-17,20-21H,18-19H2,1-4H3,(H,35,39). The van der Waals surface area contributed by atoms with Crippen LogP contribution >= 0.6 is 0 Å². The fourth-order valence-electron chi connectivity index (χ4n) is 4.91. The van der Waals surface area contributed by atoms with Crippen LogP contribution in [0, 0.1) is 20.8 Å². The Kier molecular flexibility index (Phi) is 7.64. The first kappa shape index (κ1) is 26.7. The van der Waals surface area contributed by atoms with Gasteiger partial charge in [-0.05, 0) is 86.0 Å². The maximum Gasteiger partial charge on any atom is 0.298 e. The Morgan fingerprint density at radius 1 is 0.925 bits per heavy atom. The van der Waals surface area contributed by atoms with Gasteiger partial charge < -0.3 is 19.4 Å². The summed E-state index contributed by atoms with van der Waals surface area (Å²) in [5.41, 5.74) is 6.50. The van der Waals surface area contributed by atoms with Crippen LogP contribution < -0.4 is 15.0 Å². The van der Waals surface area contributed by atoms with Crippen LogP contribution in [-0.2, 0) is 4.79 Å². The molecule has 0 aliphatic rings. The predicted octanol–water partition coefficient (Wildman–Crippen LogP) is 6.26. The molecule has 0 radical (unpaired) electrons. The Morgan fingerprint density at radius 3 is 2.38 bits per heavy atom. The summed E-state index contributed by atoms with van der Waals surface area (Å²) in [6, 6.07) is 26.5. The number of rotatable bonds is 9. The van der Waals surface area contributed by atoms with Gasteiger partial charge in [-0.1, -0.05) is 36.4 Å². The number of pyridine rings is 2. The number of nitrogens with one attached hydrogen (secondary N) is 1. The highest BCUT2D eigenvalue weighted by Gasteiger charge is 2.27. The molecule has 40 heavy (non-hydrogen) atoms. The van der Waals surface area contributed by atoms with E-state index >= 15 is 0 Å². The van der Waals surface area contributed by atoms with Crippen LogP contribution in [0.1, 0.15) is 27.3 Å². The number of ketones is 1. The van der Waals surface area contributed by atoms with E-state index < -0.39 is 11.7 Å². The number of fused-ring (bicyclic) bond motifs is 1. The van der Waals surface area contributed by atoms with E-state index in [1.165, 1.54) is 5.56 Å². The van der Waals surface area contributed by atoms with Gasteiger partial charge in [0.2, 0.25) is 0 Å². The fourth-order valence-corrected chi connectivity index (χ4v) is 4.91. The molecule has 0 aliphatic carbocycles. The molecule has 7 nitrogen and oxygen atoms in total. The molecule has 3 aromatic heterocycles. The Bertz CT molecular complexity index is 1650. The smallest absolute Gasteiger partial charge is 0.298 e. The third kappa shape index (κ3) is 5.59. The summed E-state index contributed by atoms with van der Waals surface area (Å²) >= 11 is 0. The fraction of sp³-hybridized carbons (Fsp3) is 0.182. The van der Waals surface area contributed by atoms with E-state index in [2.05, 4.69) is 22.1 Å². The SMILES string of the molecule is Cc1cc(C)nc(N(C)CCOc2ccc(NC(=O)C(=O)c3c(-c4ccccc4)c(C)c4ccccn34)cc2)c1. The molecule has 7 heteroatoms. The predicted molar refractivity (Wildman–Crippen MR) is 159 cm³/mol. The molecule has 3 heterocycles. The van der Waals surface area contributed by atoms with E-state index in [1.807, 2.05) is 87.8 Å². The lowest BCUT2D eigenvalue weighted by molar-refractivity contribution is -0.112. The van der Waals surface area contributed by atoms with E-state index in [0.717, 1.165) is 33.7 Å². The van der Waals surface area contributed by atoms with Gasteiger partial charge in [-0.25, -0.2) is 4.98 Å². The first-order valence-corrected chi connectivity index (χ1v) is 13.2. The normalized spacial score (nSPS) is 10.9. The summed E-state index contributed by atoms with van der Waals surface area (Å²) in [7, 11) is 1.99. The molecule has 0 aliphatic heterocycles. The van der Waals surface area contributed by atoms with Gasteiger partial charge in [-0.15, -0.1) is 0 Å². The third-order valence-electron chi connectivity index (χ3n) is 6.86. The van der Waals surface area contributed by atoms with Crippen LogP contribution in [-0.4, -0.2) is 41.3 Å². The van der Waals surface area contributed by atoms with Crippen LogP contribution in [0.25, 0.3) is 16.6 Å². The number of anilines is 2. The van der Waals surface area contributed by atoms with Crippen molar-refractivity contribution in [3.8, 4) is 16.9 Å². The minimum Gasteiger partial charge on any atom is -0.492 e. The third-order valence-corrected chi connectivity index (χ3v) is 6.86. The van der Waals surface area contributed by atoms with Crippen LogP contribution in [0.5, 0.6) is 5.75 Å². The summed E-state index contributed by atoms with van der Waals surface area (Å²) in [5, 5.41) is 2.75. The van der Waals surface area contributed by atoms with Crippen LogP contribution in [0.2, 0.25) is 0 Å². The maximum atomic E-state index is 13.5. The Balaban J connectivity index is 1.26. The maximum absolute atomic E-state index is 13.5. The van der Waals surface area contributed by atoms with Gasteiger partial charge in [0.15, 0.2) is 0 Å². The van der Waals surface area contributed by atoms with Gasteiger partial charge in [0, 0.05) is 35.7 Å². The lowest BCUT2D eigenvalue weighted by Crippen LogP contribution is -2.25. The number of nitrogens with zero attached hydrogens (tertiary/aromatic N) is 3. The molecular weight excluding hydrogens is 500 g/mol. The molecule has 202 valence electrons. The van der Waals surface area contributed by atoms with Gasteiger partial charge >= 0.3 is 0 Å². The summed E-state index contributed by atoms with van der Waals surface area (Å²) in [6.45, 7) is 7.15. The lowest BCUT2D eigenvalue weighted by Gasteiger charge is -2.19. The molecule has 0 fully saturated rings. The second kappa shape index (κ2) is 11.5. The van der Waals surface area contributed by atoms with Crippen molar-refractivity contribution in [2.75, 3.05) is 30.4 Å². The number of amides is 1. The lowest BCUT2D eigenvalue weighted by atomic mass is 9.99. The summed E-state index contributed by atoms with van der Waals surface area (Å²) in [4.78, 5) is 33.3. The molecular formula is C33H32N4O3. The van der Waals surface area contributed by atoms with Crippen molar-refractivity contribution in [3.63, 3.8) is 0 Å². The highest BCUT2D eigenvalue weighted by atomic mass is 16.5. The summed E-state index contributed by atoms with van der Waals surface area (Å²) < 4.78 is 7.69. The second-order valence-corrected chi connectivity index (χ2v) is 9.89. The molecule has 1 N–H and O–H groups in total. The first-order chi connectivity index (χ1) is 19.3. The topological polar surface area (TPSA) is 75.9 Å². The van der Waals surface area contributed by atoms with E-state index in [1.54, 1.807) is 28.7 Å². The molecule has 0 atom stereocenters. The van der Waals surface area contributed by atoms with Gasteiger partial charge in [-0.2, -0.15) is 0 Å². The van der Waals surface area contributed by atoms with Gasteiger partial charge in [0.1, 0.15) is 23.9 Å². The number of hydrogen-bond acceptors (Lipinski definition) is 5. The van der Waals surface area contributed by atoms with Crippen molar-refractivity contribution in [2.45, 2.75) is 20.8 Å². The number of likely N-dealkylation sites (N-methyl/N-ethyl adjacent to an activating group) is 1. The first-order valence-electron chi connectivity index (χ1n) is 13.2. The minimum atomic E-state index is -0.698. The van der Waals surface area contributed by atoms with Crippen LogP contribution in [0.3, 0.4) is 0 Å². The molecule has 0 bridgehead atoms. The van der Waals surface area contributed by atoms with Crippen molar-refractivity contribution in [1.82, 2.24) is 9.38 Å². The van der Waals surface area contributed by atoms with Crippen molar-refractivity contribution in [1.29, 1.82) is 0 Å². The number of benzene rings is 2. The average molecular weight is 533 g/mol. The van der Waals surface area contributed by atoms with Crippen molar-refractivity contribution >= 4 is 28.7 Å². The molecule has 0 saturated carbocycles. The molecule has 5 rings (SSSR count). The van der Waals surface area contributed by atoms with Gasteiger partial charge in [-0.3, -0.25) is 9.59 Å². The molecule has 0 saturated heterocycles. The monoisotopic (exact) mass is 532 g/mol. The number of carbonyl (C=O) groups is 2. The molecule has 2 aromatic carbocycles. The number of ether oxygens (including phenoxy) is 1. The quantitative estimate of drug-likeness (QED) is 0.179. The largest absolute Gasteiger partial charge is 0.492 e. The zero-order chi connectivity index (χ0) is 28.2. The van der Waals surface area contributed by atoms with E-state index in [9.17, 15) is 9.59 Å². The molecule has 0 spiro atoms. The highest BCUT2D eigenvalue weighted by molar-refractivity contribution is 6.47. The Morgan fingerprint density at radius 2 is 1.65 bits per heavy atom. The number of Topliss-reactive ketones (excluding diaryl/α,β-unsaturated/α-hetero) is 1. The average Bonchev–Trinajstić information content (AvgIpc) is 3.25. The zero-order valence-electron chi connectivity index (χ0n) is 23.1. The van der Waals surface area contributed by atoms with Crippen molar-refractivity contribution in [2.24, 2.45) is 0 Å². The zero-order valence-corrected chi connectivity index (χ0v) is 23.1. The molecule has 0 unspecified atom stereocenters. The molecule has 5 aromatic rings. The van der Waals surface area contributed by atoms with E-state index in [0.29, 0.717) is 30.3 Å². The van der Waals surface area contributed by atoms with Gasteiger partial charge in [0.05, 0.1) is 6.54 Å². The number of carbonyl (C=O) groups excluding carboxylic acids is 2.